The molecule has 2 aromatic rings. The molecule has 1 aliphatic rings. The van der Waals surface area contributed by atoms with Crippen molar-refractivity contribution in [3.8, 4) is 0 Å². The summed E-state index contributed by atoms with van der Waals surface area (Å²) in [6.07, 6.45) is 9.17. The number of nitrogens with two attached hydrogens (primary N) is 1. The van der Waals surface area contributed by atoms with E-state index in [1.165, 1.54) is 0 Å². The molecule has 98 valence electrons. The second-order valence-electron chi connectivity index (χ2n) is 4.69. The van der Waals surface area contributed by atoms with Gasteiger partial charge in [0.25, 0.3) is 0 Å². The Balaban J connectivity index is 1.78. The summed E-state index contributed by atoms with van der Waals surface area (Å²) in [7, 11) is 0. The van der Waals surface area contributed by atoms with E-state index in [1.807, 2.05) is 6.07 Å². The highest BCUT2D eigenvalue weighted by molar-refractivity contribution is 5.37. The first-order valence-electron chi connectivity index (χ1n) is 6.42. The minimum Gasteiger partial charge on any atom is -0.368 e. The molecule has 0 radical (unpaired) electrons. The van der Waals surface area contributed by atoms with Crippen molar-refractivity contribution in [2.75, 3.05) is 23.7 Å². The third kappa shape index (κ3) is 2.62. The predicted molar refractivity (Wildman–Crippen MR) is 72.7 cm³/mol. The molecule has 1 aliphatic heterocycles. The number of rotatable bonds is 2. The fourth-order valence-electron chi connectivity index (χ4n) is 2.50. The third-order valence-corrected chi connectivity index (χ3v) is 3.41. The van der Waals surface area contributed by atoms with Crippen LogP contribution in [0.1, 0.15) is 24.5 Å². The predicted octanol–water partition coefficient (Wildman–Crippen LogP) is 1.23. The number of anilines is 2. The van der Waals surface area contributed by atoms with Crippen LogP contribution >= 0.6 is 0 Å². The fourth-order valence-corrected chi connectivity index (χ4v) is 2.50. The summed E-state index contributed by atoms with van der Waals surface area (Å²) in [4.78, 5) is 19.0. The monoisotopic (exact) mass is 256 g/mol. The van der Waals surface area contributed by atoms with E-state index in [-0.39, 0.29) is 0 Å². The Bertz CT molecular complexity index is 544. The maximum atomic E-state index is 5.65. The van der Waals surface area contributed by atoms with Crippen molar-refractivity contribution in [2.24, 2.45) is 0 Å². The molecule has 2 aromatic heterocycles. The number of hydrogen-bond acceptors (Lipinski definition) is 6. The van der Waals surface area contributed by atoms with Gasteiger partial charge in [0, 0.05) is 37.6 Å². The molecule has 1 atom stereocenters. The number of aromatic nitrogens is 4. The van der Waals surface area contributed by atoms with Gasteiger partial charge in [0.2, 0.25) is 5.95 Å². The van der Waals surface area contributed by atoms with Crippen LogP contribution in [0.3, 0.4) is 0 Å². The molecule has 1 fully saturated rings. The van der Waals surface area contributed by atoms with Crippen LogP contribution in [0.15, 0.2) is 30.9 Å². The van der Waals surface area contributed by atoms with Crippen LogP contribution in [-0.2, 0) is 0 Å². The third-order valence-electron chi connectivity index (χ3n) is 3.41. The number of piperidine rings is 1. The summed E-state index contributed by atoms with van der Waals surface area (Å²) in [6.45, 7) is 1.91. The lowest BCUT2D eigenvalue weighted by molar-refractivity contribution is 0.498. The lowest BCUT2D eigenvalue weighted by atomic mass is 9.94. The van der Waals surface area contributed by atoms with Gasteiger partial charge in [-0.2, -0.15) is 0 Å². The van der Waals surface area contributed by atoms with Gasteiger partial charge >= 0.3 is 0 Å². The molecule has 3 heterocycles. The van der Waals surface area contributed by atoms with Crippen LogP contribution in [0.2, 0.25) is 0 Å². The summed E-state index contributed by atoms with van der Waals surface area (Å²) < 4.78 is 0. The van der Waals surface area contributed by atoms with E-state index >= 15 is 0 Å². The van der Waals surface area contributed by atoms with Gasteiger partial charge in [0.15, 0.2) is 0 Å². The molecule has 1 unspecified atom stereocenters. The standard InChI is InChI=1S/C13H16N6/c14-13-17-4-3-11(18-13)10-2-1-7-19(9-10)12-8-15-5-6-16-12/h3-6,8,10H,1-2,7,9H2,(H2,14,17,18). The highest BCUT2D eigenvalue weighted by Crippen LogP contribution is 2.27. The molecular weight excluding hydrogens is 240 g/mol. The molecule has 19 heavy (non-hydrogen) atoms. The Kier molecular flexibility index (Phi) is 3.22. The maximum absolute atomic E-state index is 5.65. The maximum Gasteiger partial charge on any atom is 0.220 e. The topological polar surface area (TPSA) is 80.8 Å². The van der Waals surface area contributed by atoms with Crippen molar-refractivity contribution in [1.82, 2.24) is 19.9 Å². The van der Waals surface area contributed by atoms with Gasteiger partial charge in [-0.25, -0.2) is 15.0 Å². The van der Waals surface area contributed by atoms with E-state index in [1.54, 1.807) is 24.8 Å². The van der Waals surface area contributed by atoms with E-state index in [9.17, 15) is 0 Å². The van der Waals surface area contributed by atoms with E-state index in [0.717, 1.165) is 37.4 Å². The molecule has 0 spiro atoms. The largest absolute Gasteiger partial charge is 0.368 e. The van der Waals surface area contributed by atoms with Crippen LogP contribution in [0.25, 0.3) is 0 Å². The second kappa shape index (κ2) is 5.17. The SMILES string of the molecule is Nc1nccc(C2CCCN(c3cnccn3)C2)n1. The van der Waals surface area contributed by atoms with Crippen LogP contribution in [0.4, 0.5) is 11.8 Å². The molecular formula is C13H16N6. The Morgan fingerprint density at radius 2 is 2.16 bits per heavy atom. The first-order chi connectivity index (χ1) is 9.33. The van der Waals surface area contributed by atoms with Gasteiger partial charge in [-0.15, -0.1) is 0 Å². The normalized spacial score (nSPS) is 19.4. The van der Waals surface area contributed by atoms with Crippen LogP contribution in [0.5, 0.6) is 0 Å². The molecule has 0 aromatic carbocycles. The van der Waals surface area contributed by atoms with Gasteiger partial charge in [-0.1, -0.05) is 0 Å². The van der Waals surface area contributed by atoms with Gasteiger partial charge < -0.3 is 10.6 Å². The van der Waals surface area contributed by atoms with Crippen molar-refractivity contribution < 1.29 is 0 Å². The lowest BCUT2D eigenvalue weighted by Gasteiger charge is -2.33. The Morgan fingerprint density at radius 1 is 1.21 bits per heavy atom. The Morgan fingerprint density at radius 3 is 2.95 bits per heavy atom. The highest BCUT2D eigenvalue weighted by atomic mass is 15.2. The Labute approximate surface area is 111 Å². The van der Waals surface area contributed by atoms with E-state index in [4.69, 9.17) is 5.73 Å². The van der Waals surface area contributed by atoms with Crippen molar-refractivity contribution in [1.29, 1.82) is 0 Å². The summed E-state index contributed by atoms with van der Waals surface area (Å²) in [5.74, 6) is 1.64. The lowest BCUT2D eigenvalue weighted by Crippen LogP contribution is -2.35. The number of hydrogen-bond donors (Lipinski definition) is 1. The van der Waals surface area contributed by atoms with Gasteiger partial charge in [-0.3, -0.25) is 4.98 Å². The molecule has 3 rings (SSSR count). The van der Waals surface area contributed by atoms with Crippen molar-refractivity contribution >= 4 is 11.8 Å². The minimum absolute atomic E-state index is 0.342. The minimum atomic E-state index is 0.342. The quantitative estimate of drug-likeness (QED) is 0.870. The van der Waals surface area contributed by atoms with E-state index in [0.29, 0.717) is 11.9 Å². The zero-order valence-corrected chi connectivity index (χ0v) is 10.6. The van der Waals surface area contributed by atoms with Crippen LogP contribution in [0, 0.1) is 0 Å². The first kappa shape index (κ1) is 11.8. The van der Waals surface area contributed by atoms with Gasteiger partial charge in [0.05, 0.1) is 11.9 Å². The van der Waals surface area contributed by atoms with Crippen molar-refractivity contribution in [3.63, 3.8) is 0 Å². The first-order valence-corrected chi connectivity index (χ1v) is 6.42. The number of nitrogens with zero attached hydrogens (tertiary/aromatic N) is 5. The zero-order chi connectivity index (χ0) is 13.1. The van der Waals surface area contributed by atoms with Crippen molar-refractivity contribution in [3.05, 3.63) is 36.5 Å². The Hall–Kier alpha value is -2.24. The fraction of sp³-hybridized carbons (Fsp3) is 0.385. The molecule has 0 aliphatic carbocycles. The van der Waals surface area contributed by atoms with Crippen LogP contribution < -0.4 is 10.6 Å². The van der Waals surface area contributed by atoms with Crippen LogP contribution in [-0.4, -0.2) is 33.0 Å². The zero-order valence-electron chi connectivity index (χ0n) is 10.6. The number of nitrogen functional groups attached to an aromatic ring is 1. The van der Waals surface area contributed by atoms with E-state index < -0.39 is 0 Å². The van der Waals surface area contributed by atoms with Crippen molar-refractivity contribution in [2.45, 2.75) is 18.8 Å². The summed E-state index contributed by atoms with van der Waals surface area (Å²) in [6, 6.07) is 1.95. The average Bonchev–Trinajstić information content (AvgIpc) is 2.48. The molecule has 0 saturated carbocycles. The molecule has 6 nitrogen and oxygen atoms in total. The summed E-state index contributed by atoms with van der Waals surface area (Å²) in [5.41, 5.74) is 6.67. The molecule has 6 heteroatoms. The van der Waals surface area contributed by atoms with Gasteiger partial charge in [-0.05, 0) is 18.9 Å². The summed E-state index contributed by atoms with van der Waals surface area (Å²) in [5, 5.41) is 0. The van der Waals surface area contributed by atoms with Gasteiger partial charge in [0.1, 0.15) is 5.82 Å². The molecule has 0 amide bonds. The average molecular weight is 256 g/mol. The summed E-state index contributed by atoms with van der Waals surface area (Å²) >= 11 is 0. The smallest absolute Gasteiger partial charge is 0.220 e. The molecule has 1 saturated heterocycles. The van der Waals surface area contributed by atoms with E-state index in [2.05, 4.69) is 24.8 Å². The second-order valence-corrected chi connectivity index (χ2v) is 4.69. The molecule has 2 N–H and O–H groups in total. The highest BCUT2D eigenvalue weighted by Gasteiger charge is 2.23. The molecule has 0 bridgehead atoms.